The van der Waals surface area contributed by atoms with E-state index in [0.717, 1.165) is 11.2 Å². The fourth-order valence-corrected chi connectivity index (χ4v) is 1.95. The Balaban J connectivity index is 3.18. The van der Waals surface area contributed by atoms with Gasteiger partial charge in [0, 0.05) is 11.4 Å². The van der Waals surface area contributed by atoms with Crippen LogP contribution in [0.3, 0.4) is 0 Å². The Bertz CT molecular complexity index is 117. The summed E-state index contributed by atoms with van der Waals surface area (Å²) in [6.45, 7) is 8.00. The van der Waals surface area contributed by atoms with Gasteiger partial charge in [0.05, 0.1) is 0 Å². The summed E-state index contributed by atoms with van der Waals surface area (Å²) in [5.41, 5.74) is 0. The van der Waals surface area contributed by atoms with Crippen molar-refractivity contribution in [2.24, 2.45) is 5.92 Å². The van der Waals surface area contributed by atoms with Crippen LogP contribution in [-0.2, 0) is 0 Å². The molecule has 14 heavy (non-hydrogen) atoms. The molecule has 1 N–H and O–H groups in total. The molecule has 2 heteroatoms. The highest BCUT2D eigenvalue weighted by Crippen LogP contribution is 2.06. The van der Waals surface area contributed by atoms with Gasteiger partial charge in [-0.1, -0.05) is 55.5 Å². The summed E-state index contributed by atoms with van der Waals surface area (Å²) in [5.74, 6) is 0.727. The molecule has 0 amide bonds. The number of nitrogens with one attached hydrogen (secondary N) is 1. The van der Waals surface area contributed by atoms with E-state index in [9.17, 15) is 0 Å². The zero-order chi connectivity index (χ0) is 10.8. The number of hydrogen-bond acceptors (Lipinski definition) is 1. The quantitative estimate of drug-likeness (QED) is 0.491. The van der Waals surface area contributed by atoms with Crippen LogP contribution in [0, 0.1) is 5.92 Å². The molecule has 0 rings (SSSR count). The summed E-state index contributed by atoms with van der Waals surface area (Å²) < 4.78 is 0. The van der Waals surface area contributed by atoms with Crippen LogP contribution in [-0.4, -0.2) is 17.9 Å². The van der Waals surface area contributed by atoms with Crippen LogP contribution in [0.4, 0.5) is 0 Å². The van der Waals surface area contributed by atoms with Crippen molar-refractivity contribution < 1.29 is 0 Å². The molecule has 0 radical (unpaired) electrons. The van der Waals surface area contributed by atoms with Crippen molar-refractivity contribution in [3.05, 3.63) is 0 Å². The minimum Gasteiger partial charge on any atom is -0.314 e. The van der Waals surface area contributed by atoms with Crippen molar-refractivity contribution in [3.8, 4) is 0 Å². The first-order valence-electron chi connectivity index (χ1n) is 6.01. The predicted molar refractivity (Wildman–Crippen MR) is 69.2 cm³/mol. The van der Waals surface area contributed by atoms with E-state index in [1.165, 1.54) is 38.6 Å². The molecule has 0 fully saturated rings. The van der Waals surface area contributed by atoms with Crippen LogP contribution in [0.15, 0.2) is 0 Å². The zero-order valence-electron chi connectivity index (χ0n) is 9.98. The second-order valence-corrected chi connectivity index (χ2v) is 4.94. The SMILES string of the molecule is CCCCCCCNC(C)C(C)CBr. The van der Waals surface area contributed by atoms with E-state index >= 15 is 0 Å². The Kier molecular flexibility index (Phi) is 10.3. The second kappa shape index (κ2) is 9.97. The van der Waals surface area contributed by atoms with Crippen molar-refractivity contribution in [3.63, 3.8) is 0 Å². The van der Waals surface area contributed by atoms with Crippen LogP contribution in [0.5, 0.6) is 0 Å². The lowest BCUT2D eigenvalue weighted by Crippen LogP contribution is -2.33. The van der Waals surface area contributed by atoms with Gasteiger partial charge in [-0.3, -0.25) is 0 Å². The highest BCUT2D eigenvalue weighted by atomic mass is 79.9. The van der Waals surface area contributed by atoms with E-state index < -0.39 is 0 Å². The Labute approximate surface area is 98.2 Å². The summed E-state index contributed by atoms with van der Waals surface area (Å²) in [6, 6.07) is 0.639. The molecule has 0 aromatic carbocycles. The molecule has 0 aliphatic heterocycles. The fraction of sp³-hybridized carbons (Fsp3) is 1.00. The summed E-state index contributed by atoms with van der Waals surface area (Å²) in [7, 11) is 0. The largest absolute Gasteiger partial charge is 0.314 e. The average Bonchev–Trinajstić information content (AvgIpc) is 2.21. The predicted octanol–water partition coefficient (Wildman–Crippen LogP) is 3.97. The smallest absolute Gasteiger partial charge is 0.00723 e. The van der Waals surface area contributed by atoms with E-state index in [1.807, 2.05) is 0 Å². The maximum Gasteiger partial charge on any atom is 0.00723 e. The van der Waals surface area contributed by atoms with Crippen molar-refractivity contribution in [1.82, 2.24) is 5.32 Å². The first kappa shape index (κ1) is 14.4. The van der Waals surface area contributed by atoms with Gasteiger partial charge in [0.1, 0.15) is 0 Å². The molecule has 0 aliphatic rings. The van der Waals surface area contributed by atoms with Crippen molar-refractivity contribution in [2.75, 3.05) is 11.9 Å². The monoisotopic (exact) mass is 263 g/mol. The van der Waals surface area contributed by atoms with Gasteiger partial charge < -0.3 is 5.32 Å². The van der Waals surface area contributed by atoms with Gasteiger partial charge in [-0.05, 0) is 25.8 Å². The molecule has 0 bridgehead atoms. The second-order valence-electron chi connectivity index (χ2n) is 4.29. The molecule has 0 saturated carbocycles. The number of alkyl halides is 1. The number of rotatable bonds is 9. The lowest BCUT2D eigenvalue weighted by molar-refractivity contribution is 0.426. The average molecular weight is 264 g/mol. The maximum atomic E-state index is 3.58. The maximum absolute atomic E-state index is 3.58. The summed E-state index contributed by atoms with van der Waals surface area (Å²) in [4.78, 5) is 0. The van der Waals surface area contributed by atoms with E-state index in [1.54, 1.807) is 0 Å². The third kappa shape index (κ3) is 7.81. The van der Waals surface area contributed by atoms with E-state index in [-0.39, 0.29) is 0 Å². The van der Waals surface area contributed by atoms with E-state index in [2.05, 4.69) is 42.0 Å². The Hall–Kier alpha value is 0.440. The van der Waals surface area contributed by atoms with Gasteiger partial charge in [0.15, 0.2) is 0 Å². The fourth-order valence-electron chi connectivity index (χ4n) is 1.39. The number of hydrogen-bond donors (Lipinski definition) is 1. The molecule has 0 aromatic rings. The Morgan fingerprint density at radius 3 is 2.29 bits per heavy atom. The molecular weight excluding hydrogens is 238 g/mol. The molecule has 0 aromatic heterocycles. The Morgan fingerprint density at radius 1 is 1.07 bits per heavy atom. The first-order valence-corrected chi connectivity index (χ1v) is 7.13. The summed E-state index contributed by atoms with van der Waals surface area (Å²) in [6.07, 6.45) is 6.86. The minimum absolute atomic E-state index is 0.639. The molecule has 86 valence electrons. The summed E-state index contributed by atoms with van der Waals surface area (Å²) in [5, 5.41) is 4.67. The molecule has 0 saturated heterocycles. The lowest BCUT2D eigenvalue weighted by Gasteiger charge is -2.19. The van der Waals surface area contributed by atoms with Gasteiger partial charge in [-0.15, -0.1) is 0 Å². The van der Waals surface area contributed by atoms with Crippen LogP contribution in [0.2, 0.25) is 0 Å². The van der Waals surface area contributed by atoms with Gasteiger partial charge in [0.2, 0.25) is 0 Å². The third-order valence-electron chi connectivity index (χ3n) is 2.84. The van der Waals surface area contributed by atoms with Crippen molar-refractivity contribution >= 4 is 15.9 Å². The van der Waals surface area contributed by atoms with Crippen LogP contribution < -0.4 is 5.32 Å². The first-order chi connectivity index (χ1) is 6.72. The van der Waals surface area contributed by atoms with Gasteiger partial charge >= 0.3 is 0 Å². The van der Waals surface area contributed by atoms with Crippen LogP contribution in [0.1, 0.15) is 52.9 Å². The number of unbranched alkanes of at least 4 members (excludes halogenated alkanes) is 4. The van der Waals surface area contributed by atoms with Gasteiger partial charge in [-0.2, -0.15) is 0 Å². The normalized spacial score (nSPS) is 15.4. The van der Waals surface area contributed by atoms with Gasteiger partial charge in [0.25, 0.3) is 0 Å². The standard InChI is InChI=1S/C12H26BrN/c1-4-5-6-7-8-9-14-12(3)11(2)10-13/h11-12,14H,4-10H2,1-3H3. The van der Waals surface area contributed by atoms with Crippen LogP contribution >= 0.6 is 15.9 Å². The zero-order valence-corrected chi connectivity index (χ0v) is 11.6. The number of halogens is 1. The topological polar surface area (TPSA) is 12.0 Å². The third-order valence-corrected chi connectivity index (χ3v) is 3.86. The molecule has 0 heterocycles. The van der Waals surface area contributed by atoms with E-state index in [0.29, 0.717) is 6.04 Å². The Morgan fingerprint density at radius 2 is 1.71 bits per heavy atom. The van der Waals surface area contributed by atoms with Crippen molar-refractivity contribution in [1.29, 1.82) is 0 Å². The summed E-state index contributed by atoms with van der Waals surface area (Å²) >= 11 is 3.52. The lowest BCUT2D eigenvalue weighted by atomic mass is 10.1. The molecule has 0 spiro atoms. The molecule has 2 unspecified atom stereocenters. The highest BCUT2D eigenvalue weighted by molar-refractivity contribution is 9.09. The molecular formula is C12H26BrN. The molecule has 0 aliphatic carbocycles. The van der Waals surface area contributed by atoms with Crippen LogP contribution in [0.25, 0.3) is 0 Å². The molecule has 2 atom stereocenters. The highest BCUT2D eigenvalue weighted by Gasteiger charge is 2.08. The van der Waals surface area contributed by atoms with Crippen molar-refractivity contribution in [2.45, 2.75) is 58.9 Å². The van der Waals surface area contributed by atoms with E-state index in [4.69, 9.17) is 0 Å². The minimum atomic E-state index is 0.639. The molecule has 1 nitrogen and oxygen atoms in total. The van der Waals surface area contributed by atoms with Gasteiger partial charge in [-0.25, -0.2) is 0 Å².